The molecule has 2 rings (SSSR count). The Labute approximate surface area is 118 Å². The van der Waals surface area contributed by atoms with Crippen LogP contribution in [0.5, 0.6) is 0 Å². The first-order valence-electron chi connectivity index (χ1n) is 8.16. The minimum atomic E-state index is 0.159. The van der Waals surface area contributed by atoms with Gasteiger partial charge in [0.2, 0.25) is 5.91 Å². The van der Waals surface area contributed by atoms with E-state index >= 15 is 0 Å². The minimum absolute atomic E-state index is 0.159. The van der Waals surface area contributed by atoms with Crippen molar-refractivity contribution in [2.45, 2.75) is 52.4 Å². The molecule has 0 radical (unpaired) electrons. The van der Waals surface area contributed by atoms with Gasteiger partial charge in [0.15, 0.2) is 0 Å². The van der Waals surface area contributed by atoms with Crippen molar-refractivity contribution in [2.75, 3.05) is 26.2 Å². The van der Waals surface area contributed by atoms with Crippen LogP contribution < -0.4 is 5.32 Å². The zero-order valence-corrected chi connectivity index (χ0v) is 12.7. The molecule has 110 valence electrons. The molecule has 1 N–H and O–H groups in total. The van der Waals surface area contributed by atoms with Crippen LogP contribution in [0.15, 0.2) is 0 Å². The lowest BCUT2D eigenvalue weighted by Gasteiger charge is -2.34. The van der Waals surface area contributed by atoms with Crippen molar-refractivity contribution in [1.29, 1.82) is 0 Å². The van der Waals surface area contributed by atoms with E-state index in [1.807, 2.05) is 13.8 Å². The summed E-state index contributed by atoms with van der Waals surface area (Å²) in [7, 11) is 0. The second kappa shape index (κ2) is 7.28. The van der Waals surface area contributed by atoms with Gasteiger partial charge < -0.3 is 10.2 Å². The van der Waals surface area contributed by atoms with Crippen LogP contribution in [0.4, 0.5) is 0 Å². The van der Waals surface area contributed by atoms with Crippen molar-refractivity contribution in [3.63, 3.8) is 0 Å². The lowest BCUT2D eigenvalue weighted by atomic mass is 9.85. The molecule has 2 aliphatic heterocycles. The van der Waals surface area contributed by atoms with Gasteiger partial charge in [-0.2, -0.15) is 0 Å². The van der Waals surface area contributed by atoms with Crippen molar-refractivity contribution < 1.29 is 4.79 Å². The maximum Gasteiger partial charge on any atom is 0.225 e. The van der Waals surface area contributed by atoms with Gasteiger partial charge in [0.05, 0.1) is 0 Å². The third kappa shape index (κ3) is 4.48. The van der Waals surface area contributed by atoms with Gasteiger partial charge in [0, 0.05) is 19.0 Å². The summed E-state index contributed by atoms with van der Waals surface area (Å²) in [5.74, 6) is 2.32. The highest BCUT2D eigenvalue weighted by Gasteiger charge is 2.24. The average molecular weight is 266 g/mol. The molecular formula is C16H30N2O. The fourth-order valence-corrected chi connectivity index (χ4v) is 3.45. The lowest BCUT2D eigenvalue weighted by Crippen LogP contribution is -2.40. The summed E-state index contributed by atoms with van der Waals surface area (Å²) in [6.45, 7) is 8.43. The summed E-state index contributed by atoms with van der Waals surface area (Å²) >= 11 is 0. The molecule has 1 amide bonds. The van der Waals surface area contributed by atoms with Crippen molar-refractivity contribution in [3.05, 3.63) is 0 Å². The number of nitrogens with one attached hydrogen (secondary N) is 1. The normalized spacial score (nSPS) is 23.0. The number of carbonyl (C=O) groups excluding carboxylic acids is 1. The van der Waals surface area contributed by atoms with Crippen molar-refractivity contribution in [2.24, 2.45) is 17.8 Å². The van der Waals surface area contributed by atoms with E-state index in [0.29, 0.717) is 5.91 Å². The molecule has 0 aromatic carbocycles. The molecule has 2 fully saturated rings. The Kier molecular flexibility index (Phi) is 5.68. The molecule has 0 aromatic rings. The first-order chi connectivity index (χ1) is 9.16. The number of amides is 1. The van der Waals surface area contributed by atoms with E-state index in [2.05, 4.69) is 10.2 Å². The van der Waals surface area contributed by atoms with E-state index in [-0.39, 0.29) is 5.92 Å². The number of hydrogen-bond acceptors (Lipinski definition) is 2. The third-order valence-electron chi connectivity index (χ3n) is 4.86. The Morgan fingerprint density at radius 2 is 1.58 bits per heavy atom. The molecule has 0 bridgehead atoms. The minimum Gasteiger partial charge on any atom is -0.342 e. The highest BCUT2D eigenvalue weighted by atomic mass is 16.2. The number of carbonyl (C=O) groups is 1. The quantitative estimate of drug-likeness (QED) is 0.848. The van der Waals surface area contributed by atoms with Gasteiger partial charge in [0.1, 0.15) is 0 Å². The largest absolute Gasteiger partial charge is 0.342 e. The highest BCUT2D eigenvalue weighted by molar-refractivity contribution is 5.78. The zero-order valence-electron chi connectivity index (χ0n) is 12.7. The van der Waals surface area contributed by atoms with Crippen LogP contribution in [0, 0.1) is 17.8 Å². The van der Waals surface area contributed by atoms with Crippen LogP contribution in [0.25, 0.3) is 0 Å². The first-order valence-corrected chi connectivity index (χ1v) is 8.16. The third-order valence-corrected chi connectivity index (χ3v) is 4.86. The van der Waals surface area contributed by atoms with E-state index in [4.69, 9.17) is 0 Å². The molecule has 0 aliphatic carbocycles. The summed E-state index contributed by atoms with van der Waals surface area (Å²) < 4.78 is 0. The van der Waals surface area contributed by atoms with Crippen LogP contribution >= 0.6 is 0 Å². The van der Waals surface area contributed by atoms with Crippen LogP contribution in [0.1, 0.15) is 52.4 Å². The van der Waals surface area contributed by atoms with E-state index in [1.165, 1.54) is 51.6 Å². The molecular weight excluding hydrogens is 236 g/mol. The fraction of sp³-hybridized carbons (Fsp3) is 0.938. The maximum atomic E-state index is 11.9. The van der Waals surface area contributed by atoms with E-state index in [1.54, 1.807) is 0 Å². The molecule has 2 aliphatic rings. The van der Waals surface area contributed by atoms with Gasteiger partial charge in [0.25, 0.3) is 0 Å². The predicted molar refractivity (Wildman–Crippen MR) is 79.0 cm³/mol. The molecule has 2 heterocycles. The Hall–Kier alpha value is -0.570. The molecule has 3 nitrogen and oxygen atoms in total. The van der Waals surface area contributed by atoms with Gasteiger partial charge in [-0.25, -0.2) is 0 Å². The first kappa shape index (κ1) is 14.8. The fourth-order valence-electron chi connectivity index (χ4n) is 3.45. The molecule has 3 heteroatoms. The number of hydrogen-bond donors (Lipinski definition) is 1. The summed E-state index contributed by atoms with van der Waals surface area (Å²) in [4.78, 5) is 14.0. The van der Waals surface area contributed by atoms with Crippen molar-refractivity contribution in [3.8, 4) is 0 Å². The van der Waals surface area contributed by atoms with Crippen LogP contribution in [-0.2, 0) is 4.79 Å². The topological polar surface area (TPSA) is 32.3 Å². The summed E-state index contributed by atoms with van der Waals surface area (Å²) in [6, 6.07) is 0. The highest BCUT2D eigenvalue weighted by Crippen LogP contribution is 2.27. The average Bonchev–Trinajstić information content (AvgIpc) is 2.46. The molecule has 19 heavy (non-hydrogen) atoms. The smallest absolute Gasteiger partial charge is 0.225 e. The summed E-state index contributed by atoms with van der Waals surface area (Å²) in [5, 5.41) is 3.44. The molecule has 0 atom stereocenters. The van der Waals surface area contributed by atoms with Gasteiger partial charge in [-0.05, 0) is 50.6 Å². The predicted octanol–water partition coefficient (Wildman–Crippen LogP) is 2.66. The van der Waals surface area contributed by atoms with Crippen LogP contribution in [0.2, 0.25) is 0 Å². The number of likely N-dealkylation sites (tertiary alicyclic amines) is 1. The summed E-state index contributed by atoms with van der Waals surface area (Å²) in [6.07, 6.45) is 7.97. The Morgan fingerprint density at radius 1 is 1.05 bits per heavy atom. The molecule has 0 saturated carbocycles. The Bertz CT molecular complexity index is 276. The Balaban J connectivity index is 1.64. The number of nitrogens with zero attached hydrogens (tertiary/aromatic N) is 1. The van der Waals surface area contributed by atoms with Crippen molar-refractivity contribution >= 4 is 5.91 Å². The second-order valence-corrected chi connectivity index (χ2v) is 6.69. The maximum absolute atomic E-state index is 11.9. The van der Waals surface area contributed by atoms with Crippen molar-refractivity contribution in [1.82, 2.24) is 10.2 Å². The van der Waals surface area contributed by atoms with Gasteiger partial charge in [-0.1, -0.05) is 26.7 Å². The number of piperidine rings is 2. The standard InChI is InChI=1S/C16H30N2O/c1-13(2)16(19)18-11-7-15(8-12-18)4-3-14-5-9-17-10-6-14/h13-15,17H,3-12H2,1-2H3. The van der Waals surface area contributed by atoms with E-state index in [0.717, 1.165) is 24.9 Å². The monoisotopic (exact) mass is 266 g/mol. The lowest BCUT2D eigenvalue weighted by molar-refractivity contribution is -0.135. The van der Waals surface area contributed by atoms with E-state index in [9.17, 15) is 4.79 Å². The number of rotatable bonds is 4. The SMILES string of the molecule is CC(C)C(=O)N1CCC(CCC2CCNCC2)CC1. The molecule has 0 aromatic heterocycles. The summed E-state index contributed by atoms with van der Waals surface area (Å²) in [5.41, 5.74) is 0. The Morgan fingerprint density at radius 3 is 2.11 bits per heavy atom. The van der Waals surface area contributed by atoms with Crippen LogP contribution in [-0.4, -0.2) is 37.0 Å². The molecule has 0 spiro atoms. The zero-order chi connectivity index (χ0) is 13.7. The van der Waals surface area contributed by atoms with Gasteiger partial charge in [-0.3, -0.25) is 4.79 Å². The van der Waals surface area contributed by atoms with Crippen LogP contribution in [0.3, 0.4) is 0 Å². The van der Waals surface area contributed by atoms with Gasteiger partial charge in [-0.15, -0.1) is 0 Å². The second-order valence-electron chi connectivity index (χ2n) is 6.69. The molecule has 0 unspecified atom stereocenters. The van der Waals surface area contributed by atoms with E-state index < -0.39 is 0 Å². The molecule has 2 saturated heterocycles. The van der Waals surface area contributed by atoms with Gasteiger partial charge >= 0.3 is 0 Å².